The highest BCUT2D eigenvalue weighted by Crippen LogP contribution is 2.37. The zero-order chi connectivity index (χ0) is 27.2. The molecule has 0 saturated carbocycles. The van der Waals surface area contributed by atoms with Crippen molar-refractivity contribution in [2.24, 2.45) is 0 Å². The third-order valence-electron chi connectivity index (χ3n) is 7.07. The van der Waals surface area contributed by atoms with Gasteiger partial charge in [-0.2, -0.15) is 0 Å². The highest BCUT2D eigenvalue weighted by molar-refractivity contribution is 6.74. The second-order valence-electron chi connectivity index (χ2n) is 10.9. The molecule has 37 heavy (non-hydrogen) atoms. The fraction of sp³-hybridized carbons (Fsp3) is 0.333. The molecule has 2 amide bonds. The Balaban J connectivity index is 1.62. The van der Waals surface area contributed by atoms with Gasteiger partial charge >= 0.3 is 6.09 Å². The number of aryl methyl sites for hydroxylation is 2. The number of anilines is 2. The third kappa shape index (κ3) is 7.78. The summed E-state index contributed by atoms with van der Waals surface area (Å²) in [5.41, 5.74) is 6.06. The first-order valence-corrected chi connectivity index (χ1v) is 15.5. The molecule has 7 heteroatoms. The average molecular weight is 519 g/mol. The van der Waals surface area contributed by atoms with E-state index in [2.05, 4.69) is 44.5 Å². The van der Waals surface area contributed by atoms with Gasteiger partial charge in [0.05, 0.1) is 12.3 Å². The first kappa shape index (κ1) is 28.2. The Labute approximate surface area is 221 Å². The number of carboxylic acid groups (broad SMARTS) is 1. The lowest BCUT2D eigenvalue weighted by Crippen LogP contribution is -2.40. The number of carbonyl (C=O) groups is 2. The topological polar surface area (TPSA) is 87.7 Å². The van der Waals surface area contributed by atoms with E-state index in [1.807, 2.05) is 67.6 Å². The van der Waals surface area contributed by atoms with E-state index < -0.39 is 14.4 Å². The van der Waals surface area contributed by atoms with Crippen LogP contribution in [0.25, 0.3) is 11.1 Å². The lowest BCUT2D eigenvalue weighted by molar-refractivity contribution is -0.116. The van der Waals surface area contributed by atoms with E-state index in [0.29, 0.717) is 18.7 Å². The van der Waals surface area contributed by atoms with Crippen molar-refractivity contribution < 1.29 is 19.1 Å². The van der Waals surface area contributed by atoms with Gasteiger partial charge in [-0.25, -0.2) is 4.79 Å². The fourth-order valence-electron chi connectivity index (χ4n) is 3.73. The molecular formula is C30H38N2O4Si. The number of benzene rings is 3. The Kier molecular flexibility index (Phi) is 8.94. The van der Waals surface area contributed by atoms with Crippen molar-refractivity contribution in [1.29, 1.82) is 0 Å². The molecule has 6 nitrogen and oxygen atoms in total. The Hall–Kier alpha value is -3.42. The summed E-state index contributed by atoms with van der Waals surface area (Å²) >= 11 is 0. The maximum absolute atomic E-state index is 12.7. The minimum absolute atomic E-state index is 0.0930. The standard InChI is InChI=1S/C30H38N2O4Si/c1-21-18-25(15-14-24(21)20-36-37(5,6)30(2,3)4)31-28(33)17-13-22-12-16-26(23-10-8-7-9-11-23)27(19-22)32-29(34)35/h7-12,14-16,18-19,32H,13,17,20H2,1-6H3,(H,31,33)(H,34,35). The number of nitrogens with one attached hydrogen (secondary N) is 2. The molecule has 3 rings (SSSR count). The molecule has 0 aliphatic heterocycles. The van der Waals surface area contributed by atoms with Crippen molar-refractivity contribution >= 4 is 31.7 Å². The van der Waals surface area contributed by atoms with Gasteiger partial charge in [0.1, 0.15) is 0 Å². The predicted molar refractivity (Wildman–Crippen MR) is 154 cm³/mol. The van der Waals surface area contributed by atoms with Crippen LogP contribution in [0.15, 0.2) is 66.7 Å². The first-order chi connectivity index (χ1) is 17.4. The molecule has 196 valence electrons. The van der Waals surface area contributed by atoms with Gasteiger partial charge in [0, 0.05) is 17.7 Å². The quantitative estimate of drug-likeness (QED) is 0.252. The molecule has 0 saturated heterocycles. The van der Waals surface area contributed by atoms with Crippen LogP contribution in [0.2, 0.25) is 18.1 Å². The summed E-state index contributed by atoms with van der Waals surface area (Å²) in [6.07, 6.45) is -0.348. The summed E-state index contributed by atoms with van der Waals surface area (Å²) in [5.74, 6) is -0.0930. The van der Waals surface area contributed by atoms with Crippen molar-refractivity contribution in [3.05, 3.63) is 83.4 Å². The van der Waals surface area contributed by atoms with E-state index in [1.165, 1.54) is 0 Å². The molecule has 3 aromatic carbocycles. The Morgan fingerprint density at radius 2 is 1.65 bits per heavy atom. The lowest BCUT2D eigenvalue weighted by Gasteiger charge is -2.36. The molecule has 0 radical (unpaired) electrons. The van der Waals surface area contributed by atoms with Gasteiger partial charge in [0.25, 0.3) is 0 Å². The van der Waals surface area contributed by atoms with Crippen LogP contribution >= 0.6 is 0 Å². The van der Waals surface area contributed by atoms with Crippen molar-refractivity contribution in [3.8, 4) is 11.1 Å². The van der Waals surface area contributed by atoms with Gasteiger partial charge in [-0.15, -0.1) is 0 Å². The third-order valence-corrected chi connectivity index (χ3v) is 11.6. The van der Waals surface area contributed by atoms with Crippen molar-refractivity contribution in [2.75, 3.05) is 10.6 Å². The molecule has 0 aliphatic rings. The number of rotatable bonds is 9. The summed E-state index contributed by atoms with van der Waals surface area (Å²) in [7, 11) is -1.84. The highest BCUT2D eigenvalue weighted by atomic mass is 28.4. The Morgan fingerprint density at radius 3 is 2.27 bits per heavy atom. The number of amides is 2. The van der Waals surface area contributed by atoms with Crippen LogP contribution in [-0.2, 0) is 22.2 Å². The number of hydrogen-bond acceptors (Lipinski definition) is 3. The second-order valence-corrected chi connectivity index (χ2v) is 15.7. The molecule has 0 aromatic heterocycles. The van der Waals surface area contributed by atoms with Crippen molar-refractivity contribution in [1.82, 2.24) is 0 Å². The van der Waals surface area contributed by atoms with Gasteiger partial charge in [0.2, 0.25) is 5.91 Å². The number of hydrogen-bond donors (Lipinski definition) is 3. The normalized spacial score (nSPS) is 11.7. The second kappa shape index (κ2) is 11.8. The summed E-state index contributed by atoms with van der Waals surface area (Å²) in [6.45, 7) is 13.8. The lowest BCUT2D eigenvalue weighted by atomic mass is 9.99. The Morgan fingerprint density at radius 1 is 0.946 bits per heavy atom. The van der Waals surface area contributed by atoms with Gasteiger partial charge in [-0.3, -0.25) is 10.1 Å². The minimum atomic E-state index is -1.84. The zero-order valence-electron chi connectivity index (χ0n) is 22.6. The first-order valence-electron chi connectivity index (χ1n) is 12.6. The van der Waals surface area contributed by atoms with E-state index in [9.17, 15) is 14.7 Å². The van der Waals surface area contributed by atoms with Gasteiger partial charge in [-0.1, -0.05) is 69.3 Å². The summed E-state index contributed by atoms with van der Waals surface area (Å²) in [5, 5.41) is 14.9. The highest BCUT2D eigenvalue weighted by Gasteiger charge is 2.37. The summed E-state index contributed by atoms with van der Waals surface area (Å²) in [6, 6.07) is 21.1. The number of carbonyl (C=O) groups excluding carboxylic acids is 1. The molecule has 0 bridgehead atoms. The molecule has 3 aromatic rings. The SMILES string of the molecule is Cc1cc(NC(=O)CCc2ccc(-c3ccccc3)c(NC(=O)O)c2)ccc1CO[Si](C)(C)C(C)(C)C. The molecule has 0 spiro atoms. The predicted octanol–water partition coefficient (Wildman–Crippen LogP) is 7.85. The van der Waals surface area contributed by atoms with Gasteiger partial charge in [-0.05, 0) is 71.9 Å². The van der Waals surface area contributed by atoms with Crippen LogP contribution < -0.4 is 10.6 Å². The summed E-state index contributed by atoms with van der Waals surface area (Å²) in [4.78, 5) is 24.0. The minimum Gasteiger partial charge on any atom is -0.465 e. The Bertz CT molecular complexity index is 1250. The van der Waals surface area contributed by atoms with Crippen LogP contribution in [0.1, 0.15) is 43.9 Å². The monoisotopic (exact) mass is 518 g/mol. The summed E-state index contributed by atoms with van der Waals surface area (Å²) < 4.78 is 6.35. The maximum Gasteiger partial charge on any atom is 0.409 e. The molecule has 0 atom stereocenters. The van der Waals surface area contributed by atoms with E-state index in [0.717, 1.165) is 33.5 Å². The zero-order valence-corrected chi connectivity index (χ0v) is 23.6. The molecule has 0 fully saturated rings. The van der Waals surface area contributed by atoms with Crippen molar-refractivity contribution in [3.63, 3.8) is 0 Å². The molecule has 0 unspecified atom stereocenters. The van der Waals surface area contributed by atoms with Crippen LogP contribution in [0.5, 0.6) is 0 Å². The van der Waals surface area contributed by atoms with Crippen LogP contribution in [0.4, 0.5) is 16.2 Å². The van der Waals surface area contributed by atoms with Gasteiger partial charge in [0.15, 0.2) is 8.32 Å². The van der Waals surface area contributed by atoms with Crippen LogP contribution in [0.3, 0.4) is 0 Å². The molecule has 0 aliphatic carbocycles. The average Bonchev–Trinajstić information content (AvgIpc) is 2.82. The molecule has 3 N–H and O–H groups in total. The van der Waals surface area contributed by atoms with Crippen molar-refractivity contribution in [2.45, 2.75) is 65.3 Å². The van der Waals surface area contributed by atoms with E-state index in [-0.39, 0.29) is 17.4 Å². The maximum atomic E-state index is 12.7. The smallest absolute Gasteiger partial charge is 0.409 e. The van der Waals surface area contributed by atoms with Crippen LogP contribution in [-0.4, -0.2) is 25.4 Å². The largest absolute Gasteiger partial charge is 0.465 e. The van der Waals surface area contributed by atoms with Gasteiger partial charge < -0.3 is 14.8 Å². The van der Waals surface area contributed by atoms with E-state index in [4.69, 9.17) is 4.43 Å². The van der Waals surface area contributed by atoms with E-state index >= 15 is 0 Å². The fourth-order valence-corrected chi connectivity index (χ4v) is 4.68. The van der Waals surface area contributed by atoms with E-state index in [1.54, 1.807) is 6.07 Å². The molecule has 0 heterocycles. The van der Waals surface area contributed by atoms with Crippen LogP contribution in [0, 0.1) is 6.92 Å². The molecular weight excluding hydrogens is 480 g/mol.